The second-order valence-electron chi connectivity index (χ2n) is 7.23. The van der Waals surface area contributed by atoms with Gasteiger partial charge in [0.1, 0.15) is 16.5 Å². The quantitative estimate of drug-likeness (QED) is 0.565. The number of nitrogens with zero attached hydrogens (tertiary/aromatic N) is 2. The third-order valence-corrected chi connectivity index (χ3v) is 6.40. The number of fused-ring (bicyclic) bond motifs is 1. The van der Waals surface area contributed by atoms with E-state index >= 15 is 0 Å². The molecule has 1 atom stereocenters. The van der Waals surface area contributed by atoms with E-state index in [0.29, 0.717) is 6.04 Å². The molecule has 28 heavy (non-hydrogen) atoms. The molecule has 0 radical (unpaired) electrons. The van der Waals surface area contributed by atoms with Gasteiger partial charge in [-0.1, -0.05) is 24.3 Å². The van der Waals surface area contributed by atoms with Crippen molar-refractivity contribution in [3.63, 3.8) is 0 Å². The highest BCUT2D eigenvalue weighted by Gasteiger charge is 2.24. The fourth-order valence-electron chi connectivity index (χ4n) is 4.03. The lowest BCUT2D eigenvalue weighted by Crippen LogP contribution is -2.27. The lowest BCUT2D eigenvalue weighted by Gasteiger charge is -2.32. The molecule has 1 aromatic heterocycles. The van der Waals surface area contributed by atoms with Crippen LogP contribution < -0.4 is 9.47 Å². The van der Waals surface area contributed by atoms with Gasteiger partial charge in [0.15, 0.2) is 0 Å². The van der Waals surface area contributed by atoms with Gasteiger partial charge < -0.3 is 9.47 Å². The van der Waals surface area contributed by atoms with E-state index in [1.165, 1.54) is 30.4 Å². The summed E-state index contributed by atoms with van der Waals surface area (Å²) in [4.78, 5) is 7.32. The zero-order valence-electron chi connectivity index (χ0n) is 16.6. The molecule has 0 fully saturated rings. The summed E-state index contributed by atoms with van der Waals surface area (Å²) in [6.07, 6.45) is 3.65. The Balaban J connectivity index is 1.53. The molecule has 5 heteroatoms. The summed E-state index contributed by atoms with van der Waals surface area (Å²) < 4.78 is 10.8. The molecule has 4 rings (SSSR count). The molecule has 4 nitrogen and oxygen atoms in total. The number of hydrogen-bond acceptors (Lipinski definition) is 5. The van der Waals surface area contributed by atoms with Crippen molar-refractivity contribution in [3.8, 4) is 22.1 Å². The van der Waals surface area contributed by atoms with E-state index in [2.05, 4.69) is 41.6 Å². The Morgan fingerprint density at radius 2 is 2.00 bits per heavy atom. The van der Waals surface area contributed by atoms with Crippen molar-refractivity contribution < 1.29 is 9.47 Å². The molecule has 0 aliphatic heterocycles. The maximum atomic E-state index is 5.54. The molecule has 1 heterocycles. The van der Waals surface area contributed by atoms with Gasteiger partial charge in [0.25, 0.3) is 0 Å². The van der Waals surface area contributed by atoms with Gasteiger partial charge in [0, 0.05) is 24.0 Å². The molecule has 0 amide bonds. The number of rotatable bonds is 6. The Labute approximate surface area is 170 Å². The van der Waals surface area contributed by atoms with Crippen molar-refractivity contribution in [2.24, 2.45) is 0 Å². The first-order valence-corrected chi connectivity index (χ1v) is 10.5. The van der Waals surface area contributed by atoms with E-state index in [4.69, 9.17) is 14.5 Å². The lowest BCUT2D eigenvalue weighted by atomic mass is 9.87. The van der Waals surface area contributed by atoms with Crippen molar-refractivity contribution in [1.82, 2.24) is 9.88 Å². The van der Waals surface area contributed by atoms with Gasteiger partial charge in [0.05, 0.1) is 25.5 Å². The number of ether oxygens (including phenoxy) is 2. The number of hydrogen-bond donors (Lipinski definition) is 0. The van der Waals surface area contributed by atoms with Crippen molar-refractivity contribution in [2.75, 3.05) is 21.3 Å². The van der Waals surface area contributed by atoms with Crippen molar-refractivity contribution >= 4 is 11.3 Å². The van der Waals surface area contributed by atoms with Gasteiger partial charge in [0.2, 0.25) is 0 Å². The summed E-state index contributed by atoms with van der Waals surface area (Å²) in [7, 11) is 5.55. The largest absolute Gasteiger partial charge is 0.497 e. The van der Waals surface area contributed by atoms with Crippen LogP contribution in [0, 0.1) is 0 Å². The number of thiazole rings is 1. The Morgan fingerprint density at radius 3 is 2.82 bits per heavy atom. The van der Waals surface area contributed by atoms with Gasteiger partial charge in [-0.05, 0) is 49.6 Å². The predicted molar refractivity (Wildman–Crippen MR) is 114 cm³/mol. The average molecular weight is 395 g/mol. The molecular weight excluding hydrogens is 368 g/mol. The van der Waals surface area contributed by atoms with Gasteiger partial charge in [-0.2, -0.15) is 0 Å². The molecule has 146 valence electrons. The van der Waals surface area contributed by atoms with E-state index < -0.39 is 0 Å². The summed E-state index contributed by atoms with van der Waals surface area (Å²) in [6.45, 7) is 0.841. The van der Waals surface area contributed by atoms with E-state index in [9.17, 15) is 0 Å². The van der Waals surface area contributed by atoms with E-state index in [1.807, 2.05) is 18.2 Å². The maximum Gasteiger partial charge on any atom is 0.132 e. The molecule has 0 saturated heterocycles. The van der Waals surface area contributed by atoms with Crippen LogP contribution in [0.2, 0.25) is 0 Å². The number of methoxy groups -OCH3 is 2. The second kappa shape index (κ2) is 8.33. The van der Waals surface area contributed by atoms with E-state index in [-0.39, 0.29) is 0 Å². The van der Waals surface area contributed by atoms with Gasteiger partial charge in [-0.15, -0.1) is 11.3 Å². The van der Waals surface area contributed by atoms with Crippen LogP contribution in [0.15, 0.2) is 47.8 Å². The summed E-state index contributed by atoms with van der Waals surface area (Å²) in [5.74, 6) is 1.57. The van der Waals surface area contributed by atoms with Gasteiger partial charge >= 0.3 is 0 Å². The van der Waals surface area contributed by atoms with Gasteiger partial charge in [-0.25, -0.2) is 4.98 Å². The fourth-order valence-corrected chi connectivity index (χ4v) is 4.87. The second-order valence-corrected chi connectivity index (χ2v) is 8.09. The Kier molecular flexibility index (Phi) is 5.64. The number of benzene rings is 2. The minimum absolute atomic E-state index is 0.464. The van der Waals surface area contributed by atoms with Crippen LogP contribution in [0.3, 0.4) is 0 Å². The Hall–Kier alpha value is -2.37. The van der Waals surface area contributed by atoms with Crippen LogP contribution in [-0.2, 0) is 13.0 Å². The van der Waals surface area contributed by atoms with Crippen LogP contribution in [-0.4, -0.2) is 31.2 Å². The van der Waals surface area contributed by atoms with Crippen LogP contribution in [0.1, 0.15) is 35.7 Å². The number of aryl methyl sites for hydroxylation is 1. The fraction of sp³-hybridized carbons (Fsp3) is 0.348. The topological polar surface area (TPSA) is 34.6 Å². The predicted octanol–water partition coefficient (Wildman–Crippen LogP) is 5.34. The molecule has 2 aromatic carbocycles. The first kappa shape index (κ1) is 19.0. The molecule has 0 bridgehead atoms. The van der Waals surface area contributed by atoms with Crippen molar-refractivity contribution in [3.05, 3.63) is 64.7 Å². The molecule has 0 N–H and O–H groups in total. The Morgan fingerprint density at radius 1 is 1.14 bits per heavy atom. The molecule has 1 aliphatic rings. The normalized spacial score (nSPS) is 16.1. The molecule has 1 aliphatic carbocycles. The SMILES string of the molecule is COc1ccc(-c2nc(CN(C)C3CCCc4ccccc43)cs2)c(OC)c1. The van der Waals surface area contributed by atoms with E-state index in [0.717, 1.165) is 34.3 Å². The minimum atomic E-state index is 0.464. The highest BCUT2D eigenvalue weighted by atomic mass is 32.1. The molecular formula is C23H26N2O2S. The first-order chi connectivity index (χ1) is 13.7. The molecule has 0 spiro atoms. The standard InChI is InChI=1S/C23H26N2O2S/c1-25(21-10-6-8-16-7-4-5-9-19(16)21)14-17-15-28-23(24-17)20-12-11-18(26-2)13-22(20)27-3/h4-5,7,9,11-13,15,21H,6,8,10,14H2,1-3H3. The van der Waals surface area contributed by atoms with Crippen LogP contribution in [0.5, 0.6) is 11.5 Å². The highest BCUT2D eigenvalue weighted by molar-refractivity contribution is 7.13. The van der Waals surface area contributed by atoms with Crippen LogP contribution in [0.4, 0.5) is 0 Å². The van der Waals surface area contributed by atoms with E-state index in [1.54, 1.807) is 25.6 Å². The third-order valence-electron chi connectivity index (χ3n) is 5.47. The lowest BCUT2D eigenvalue weighted by molar-refractivity contribution is 0.211. The maximum absolute atomic E-state index is 5.54. The first-order valence-electron chi connectivity index (χ1n) is 9.64. The molecule has 1 unspecified atom stereocenters. The van der Waals surface area contributed by atoms with Crippen LogP contribution in [0.25, 0.3) is 10.6 Å². The zero-order chi connectivity index (χ0) is 19.5. The summed E-state index contributed by atoms with van der Waals surface area (Å²) in [5.41, 5.74) is 5.07. The minimum Gasteiger partial charge on any atom is -0.497 e. The van der Waals surface area contributed by atoms with Crippen LogP contribution >= 0.6 is 11.3 Å². The van der Waals surface area contributed by atoms with Gasteiger partial charge in [-0.3, -0.25) is 4.90 Å². The summed E-state index contributed by atoms with van der Waals surface area (Å²) >= 11 is 1.66. The average Bonchev–Trinajstić information content (AvgIpc) is 3.20. The number of aromatic nitrogens is 1. The molecule has 0 saturated carbocycles. The third kappa shape index (κ3) is 3.77. The molecule has 3 aromatic rings. The highest BCUT2D eigenvalue weighted by Crippen LogP contribution is 2.37. The Bertz CT molecular complexity index is 953. The van der Waals surface area contributed by atoms with Crippen molar-refractivity contribution in [2.45, 2.75) is 31.8 Å². The smallest absolute Gasteiger partial charge is 0.132 e. The monoisotopic (exact) mass is 394 g/mol. The van der Waals surface area contributed by atoms with Crippen molar-refractivity contribution in [1.29, 1.82) is 0 Å². The summed E-state index contributed by atoms with van der Waals surface area (Å²) in [6, 6.07) is 15.2. The zero-order valence-corrected chi connectivity index (χ0v) is 17.5. The summed E-state index contributed by atoms with van der Waals surface area (Å²) in [5, 5.41) is 3.14.